The van der Waals surface area contributed by atoms with Crippen molar-refractivity contribution in [1.82, 2.24) is 14.8 Å². The quantitative estimate of drug-likeness (QED) is 0.266. The van der Waals surface area contributed by atoms with Crippen molar-refractivity contribution >= 4 is 46.6 Å². The van der Waals surface area contributed by atoms with Crippen LogP contribution in [0, 0.1) is 6.92 Å². The minimum atomic E-state index is -0.166. The van der Waals surface area contributed by atoms with Crippen LogP contribution in [0.2, 0.25) is 10.0 Å². The molecule has 1 aromatic heterocycles. The second kappa shape index (κ2) is 11.0. The highest BCUT2D eigenvalue weighted by Gasteiger charge is 2.18. The fraction of sp³-hybridized carbons (Fsp3) is 0.160. The minimum Gasteiger partial charge on any atom is -0.494 e. The van der Waals surface area contributed by atoms with Crippen molar-refractivity contribution in [3.63, 3.8) is 0 Å². The lowest BCUT2D eigenvalue weighted by atomic mass is 10.2. The molecule has 6 nitrogen and oxygen atoms in total. The maximum Gasteiger partial charge on any atom is 0.234 e. The average molecular weight is 513 g/mol. The van der Waals surface area contributed by atoms with Gasteiger partial charge in [0.15, 0.2) is 11.0 Å². The van der Waals surface area contributed by atoms with Crippen LogP contribution in [-0.4, -0.2) is 33.0 Å². The number of nitrogens with one attached hydrogen (secondary N) is 1. The van der Waals surface area contributed by atoms with Crippen LogP contribution >= 0.6 is 35.0 Å². The van der Waals surface area contributed by atoms with Crippen LogP contribution in [0.15, 0.2) is 71.9 Å². The van der Waals surface area contributed by atoms with Crippen molar-refractivity contribution in [3.05, 3.63) is 82.3 Å². The van der Waals surface area contributed by atoms with Gasteiger partial charge in [-0.2, -0.15) is 0 Å². The van der Waals surface area contributed by atoms with Gasteiger partial charge < -0.3 is 10.1 Å². The van der Waals surface area contributed by atoms with Gasteiger partial charge in [-0.3, -0.25) is 9.36 Å². The average Bonchev–Trinajstić information content (AvgIpc) is 3.25. The lowest BCUT2D eigenvalue weighted by Gasteiger charge is -2.12. The molecule has 0 bridgehead atoms. The number of carbonyl (C=O) groups is 1. The topological polar surface area (TPSA) is 69.0 Å². The molecule has 0 aliphatic rings. The van der Waals surface area contributed by atoms with Crippen LogP contribution < -0.4 is 10.1 Å². The summed E-state index contributed by atoms with van der Waals surface area (Å²) in [6.07, 6.45) is 0. The number of halogens is 2. The van der Waals surface area contributed by atoms with E-state index in [0.29, 0.717) is 33.3 Å². The maximum absolute atomic E-state index is 12.7. The van der Waals surface area contributed by atoms with Gasteiger partial charge in [0.25, 0.3) is 0 Å². The maximum atomic E-state index is 12.7. The Labute approximate surface area is 212 Å². The summed E-state index contributed by atoms with van der Waals surface area (Å²) in [7, 11) is 0. The second-order valence-electron chi connectivity index (χ2n) is 7.37. The summed E-state index contributed by atoms with van der Waals surface area (Å²) in [4.78, 5) is 12.7. The van der Waals surface area contributed by atoms with Crippen LogP contribution in [0.3, 0.4) is 0 Å². The van der Waals surface area contributed by atoms with Crippen LogP contribution in [-0.2, 0) is 4.79 Å². The molecule has 1 amide bonds. The van der Waals surface area contributed by atoms with Crippen molar-refractivity contribution < 1.29 is 9.53 Å². The summed E-state index contributed by atoms with van der Waals surface area (Å²) >= 11 is 13.6. The third-order valence-electron chi connectivity index (χ3n) is 4.93. The molecular weight excluding hydrogens is 491 g/mol. The van der Waals surface area contributed by atoms with E-state index >= 15 is 0 Å². The van der Waals surface area contributed by atoms with E-state index in [1.165, 1.54) is 11.8 Å². The van der Waals surface area contributed by atoms with Crippen molar-refractivity contribution in [2.45, 2.75) is 19.0 Å². The molecule has 174 valence electrons. The molecule has 1 heterocycles. The summed E-state index contributed by atoms with van der Waals surface area (Å²) in [5.74, 6) is 1.38. The molecule has 0 fully saturated rings. The van der Waals surface area contributed by atoms with Gasteiger partial charge in [0.2, 0.25) is 5.91 Å². The Morgan fingerprint density at radius 1 is 1.03 bits per heavy atom. The summed E-state index contributed by atoms with van der Waals surface area (Å²) < 4.78 is 7.47. The SMILES string of the molecule is CCOc1ccc(-n2c(SCC(=O)Nc3cc(Cl)ccc3C)nnc2-c2cccc(Cl)c2)cc1. The molecule has 9 heteroatoms. The number of aryl methyl sites for hydroxylation is 1. The molecule has 0 saturated carbocycles. The summed E-state index contributed by atoms with van der Waals surface area (Å²) in [5, 5.41) is 13.4. The van der Waals surface area contributed by atoms with E-state index < -0.39 is 0 Å². The number of ether oxygens (including phenoxy) is 1. The Kier molecular flexibility index (Phi) is 7.77. The van der Waals surface area contributed by atoms with Crippen LogP contribution in [0.4, 0.5) is 5.69 Å². The molecule has 0 saturated heterocycles. The standard InChI is InChI=1S/C25H22Cl2N4O2S/c1-3-33-21-11-9-20(10-12-21)31-24(17-5-4-6-18(26)13-17)29-30-25(31)34-15-23(32)28-22-14-19(27)8-7-16(22)2/h4-14H,3,15H2,1-2H3,(H,28,32). The fourth-order valence-corrected chi connectivity index (χ4v) is 4.43. The van der Waals surface area contributed by atoms with Gasteiger partial charge >= 0.3 is 0 Å². The van der Waals surface area contributed by atoms with Gasteiger partial charge in [-0.1, -0.05) is 53.2 Å². The Morgan fingerprint density at radius 3 is 2.53 bits per heavy atom. The van der Waals surface area contributed by atoms with Gasteiger partial charge in [0, 0.05) is 27.0 Å². The van der Waals surface area contributed by atoms with Crippen molar-refractivity contribution in [2.75, 3.05) is 17.7 Å². The molecule has 1 N–H and O–H groups in total. The third kappa shape index (κ3) is 5.73. The Morgan fingerprint density at radius 2 is 1.79 bits per heavy atom. The number of thioether (sulfide) groups is 1. The largest absolute Gasteiger partial charge is 0.494 e. The minimum absolute atomic E-state index is 0.149. The van der Waals surface area contributed by atoms with Gasteiger partial charge in [-0.05, 0) is 67.9 Å². The van der Waals surface area contributed by atoms with E-state index in [1.807, 2.05) is 66.9 Å². The van der Waals surface area contributed by atoms with Gasteiger partial charge in [0.1, 0.15) is 5.75 Å². The van der Waals surface area contributed by atoms with E-state index in [4.69, 9.17) is 27.9 Å². The number of benzene rings is 3. The first-order chi connectivity index (χ1) is 16.4. The zero-order chi connectivity index (χ0) is 24.1. The van der Waals surface area contributed by atoms with Gasteiger partial charge in [-0.15, -0.1) is 10.2 Å². The number of amides is 1. The van der Waals surface area contributed by atoms with E-state index in [0.717, 1.165) is 22.6 Å². The van der Waals surface area contributed by atoms with E-state index in [-0.39, 0.29) is 11.7 Å². The zero-order valence-corrected chi connectivity index (χ0v) is 20.9. The molecule has 3 aromatic carbocycles. The normalized spacial score (nSPS) is 10.8. The number of rotatable bonds is 8. The molecule has 34 heavy (non-hydrogen) atoms. The van der Waals surface area contributed by atoms with Gasteiger partial charge in [0.05, 0.1) is 12.4 Å². The van der Waals surface area contributed by atoms with Crippen molar-refractivity contribution in [3.8, 4) is 22.8 Å². The Bertz CT molecular complexity index is 1310. The number of nitrogens with zero attached hydrogens (tertiary/aromatic N) is 3. The number of carbonyl (C=O) groups excluding carboxylic acids is 1. The van der Waals surface area contributed by atoms with Crippen LogP contribution in [0.1, 0.15) is 12.5 Å². The second-order valence-corrected chi connectivity index (χ2v) is 9.19. The molecule has 0 aliphatic heterocycles. The molecule has 4 rings (SSSR count). The first-order valence-electron chi connectivity index (χ1n) is 10.6. The third-order valence-corrected chi connectivity index (χ3v) is 6.33. The summed E-state index contributed by atoms with van der Waals surface area (Å²) in [5.41, 5.74) is 3.28. The molecule has 0 radical (unpaired) electrons. The molecule has 0 spiro atoms. The highest BCUT2D eigenvalue weighted by Crippen LogP contribution is 2.30. The highest BCUT2D eigenvalue weighted by atomic mass is 35.5. The fourth-order valence-electron chi connectivity index (χ4n) is 3.31. The molecule has 0 unspecified atom stereocenters. The Balaban J connectivity index is 1.61. The number of hydrogen-bond donors (Lipinski definition) is 1. The molecule has 0 aliphatic carbocycles. The zero-order valence-electron chi connectivity index (χ0n) is 18.6. The van der Waals surface area contributed by atoms with Gasteiger partial charge in [-0.25, -0.2) is 0 Å². The van der Waals surface area contributed by atoms with Crippen LogP contribution in [0.25, 0.3) is 17.1 Å². The first kappa shape index (κ1) is 24.1. The predicted molar refractivity (Wildman–Crippen MR) is 139 cm³/mol. The van der Waals surface area contributed by atoms with E-state index in [2.05, 4.69) is 15.5 Å². The summed E-state index contributed by atoms with van der Waals surface area (Å²) in [6, 6.07) is 20.5. The molecular formula is C25H22Cl2N4O2S. The number of aromatic nitrogens is 3. The predicted octanol–water partition coefficient (Wildman–Crippen LogP) is 6.68. The van der Waals surface area contributed by atoms with Crippen molar-refractivity contribution in [1.29, 1.82) is 0 Å². The lowest BCUT2D eigenvalue weighted by molar-refractivity contribution is -0.113. The van der Waals surface area contributed by atoms with E-state index in [9.17, 15) is 4.79 Å². The first-order valence-corrected chi connectivity index (χ1v) is 12.3. The number of hydrogen-bond acceptors (Lipinski definition) is 5. The lowest BCUT2D eigenvalue weighted by Crippen LogP contribution is -2.15. The smallest absolute Gasteiger partial charge is 0.234 e. The molecule has 4 aromatic rings. The van der Waals surface area contributed by atoms with Crippen LogP contribution in [0.5, 0.6) is 5.75 Å². The monoisotopic (exact) mass is 512 g/mol. The summed E-state index contributed by atoms with van der Waals surface area (Å²) in [6.45, 7) is 4.44. The highest BCUT2D eigenvalue weighted by molar-refractivity contribution is 7.99. The number of anilines is 1. The molecule has 0 atom stereocenters. The van der Waals surface area contributed by atoms with Crippen molar-refractivity contribution in [2.24, 2.45) is 0 Å². The Hall–Kier alpha value is -3.00. The van der Waals surface area contributed by atoms with E-state index in [1.54, 1.807) is 18.2 Å².